The molecule has 0 heterocycles. The van der Waals surface area contributed by atoms with Crippen LogP contribution < -0.4 is 21.6 Å². The highest BCUT2D eigenvalue weighted by molar-refractivity contribution is 5.18. The van der Waals surface area contributed by atoms with Gasteiger partial charge in [-0.3, -0.25) is 5.32 Å². The van der Waals surface area contributed by atoms with Crippen LogP contribution in [-0.4, -0.2) is 76.2 Å². The highest BCUT2D eigenvalue weighted by Crippen LogP contribution is 2.59. The largest absolute Gasteiger partial charge is 0.342 e. The number of rotatable bonds is 18. The van der Waals surface area contributed by atoms with Crippen molar-refractivity contribution >= 4 is 0 Å². The van der Waals surface area contributed by atoms with Crippen molar-refractivity contribution in [2.24, 2.45) is 0 Å². The van der Waals surface area contributed by atoms with E-state index in [1.807, 2.05) is 0 Å². The first kappa shape index (κ1) is 36.3. The highest BCUT2D eigenvalue weighted by Gasteiger charge is 2.79. The first-order valence-corrected chi connectivity index (χ1v) is 22.5. The topological polar surface area (TPSA) is 91.5 Å². The summed E-state index contributed by atoms with van der Waals surface area (Å²) in [6.07, 6.45) is 35.8. The molecule has 9 saturated carbocycles. The van der Waals surface area contributed by atoms with E-state index in [1.165, 1.54) is 128 Å². The summed E-state index contributed by atoms with van der Waals surface area (Å²) in [5, 5.41) is 9.30. The van der Waals surface area contributed by atoms with Crippen LogP contribution in [0, 0.1) is 0 Å². The summed E-state index contributed by atoms with van der Waals surface area (Å²) in [6, 6.07) is 1.70. The maximum absolute atomic E-state index is 8.00. The Bertz CT molecular complexity index is 1110. The van der Waals surface area contributed by atoms with E-state index >= 15 is 0 Å². The summed E-state index contributed by atoms with van der Waals surface area (Å²) >= 11 is 0. The van der Waals surface area contributed by atoms with Gasteiger partial charge in [0.05, 0.1) is 24.4 Å². The van der Waals surface area contributed by atoms with Crippen LogP contribution in [0.15, 0.2) is 0 Å². The Labute approximate surface area is 308 Å². The van der Waals surface area contributed by atoms with E-state index in [0.29, 0.717) is 24.2 Å². The van der Waals surface area contributed by atoms with Gasteiger partial charge in [-0.1, -0.05) is 75.9 Å². The highest BCUT2D eigenvalue weighted by atomic mass is 16.8. The van der Waals surface area contributed by atoms with Crippen LogP contribution >= 0.6 is 0 Å². The lowest BCUT2D eigenvalue weighted by Gasteiger charge is -2.60. The molecule has 10 nitrogen and oxygen atoms in total. The number of hydrazine groups is 4. The van der Waals surface area contributed by atoms with Crippen molar-refractivity contribution in [3.8, 4) is 0 Å². The molecule has 290 valence electrons. The number of nitrogens with zero attached hydrogens (tertiary/aromatic N) is 2. The fraction of sp³-hybridized carbons (Fsp3) is 1.00. The third kappa shape index (κ3) is 7.86. The van der Waals surface area contributed by atoms with Gasteiger partial charge in [0.1, 0.15) is 0 Å². The zero-order valence-electron chi connectivity index (χ0n) is 31.9. The normalized spacial score (nSPS) is 36.8. The SMILES string of the molecule is C1CCC(NN(N(NC2CCCC2)NC2CCC2)C2(NC3CC3)CCC(OC3CCC3)(OC3CC3)C2(OC2CCCCC2)OC2CCCC2)CC1. The second kappa shape index (κ2) is 16.0. The van der Waals surface area contributed by atoms with E-state index in [4.69, 9.17) is 18.9 Å². The van der Waals surface area contributed by atoms with Crippen molar-refractivity contribution in [2.75, 3.05) is 0 Å². The van der Waals surface area contributed by atoms with Gasteiger partial charge in [-0.05, 0) is 116 Å². The Morgan fingerprint density at radius 1 is 0.373 bits per heavy atom. The zero-order chi connectivity index (χ0) is 34.1. The van der Waals surface area contributed by atoms with E-state index < -0.39 is 17.2 Å². The molecule has 0 saturated heterocycles. The number of hydrogen-bond donors (Lipinski definition) is 4. The number of ether oxygens (including phenoxy) is 4. The molecule has 9 aliphatic carbocycles. The van der Waals surface area contributed by atoms with Crippen LogP contribution in [0.25, 0.3) is 0 Å². The molecule has 0 aromatic rings. The maximum atomic E-state index is 8.00. The van der Waals surface area contributed by atoms with Crippen molar-refractivity contribution in [2.45, 2.75) is 258 Å². The van der Waals surface area contributed by atoms with Gasteiger partial charge >= 0.3 is 0 Å². The van der Waals surface area contributed by atoms with Gasteiger partial charge < -0.3 is 18.9 Å². The molecule has 51 heavy (non-hydrogen) atoms. The van der Waals surface area contributed by atoms with Crippen LogP contribution in [0.2, 0.25) is 0 Å². The van der Waals surface area contributed by atoms with Crippen LogP contribution in [-0.2, 0) is 18.9 Å². The quantitative estimate of drug-likeness (QED) is 0.0845. The fourth-order valence-corrected chi connectivity index (χ4v) is 10.4. The molecule has 10 heteroatoms. The fourth-order valence-electron chi connectivity index (χ4n) is 10.4. The molecule has 3 atom stereocenters. The second-order valence-corrected chi connectivity index (χ2v) is 18.5. The van der Waals surface area contributed by atoms with Crippen LogP contribution in [0.3, 0.4) is 0 Å². The molecule has 0 amide bonds. The minimum absolute atomic E-state index is 0.123. The van der Waals surface area contributed by atoms with Crippen LogP contribution in [0.1, 0.15) is 193 Å². The lowest BCUT2D eigenvalue weighted by atomic mass is 9.92. The van der Waals surface area contributed by atoms with Crippen LogP contribution in [0.4, 0.5) is 0 Å². The van der Waals surface area contributed by atoms with Crippen molar-refractivity contribution in [3.63, 3.8) is 0 Å². The smallest absolute Gasteiger partial charge is 0.260 e. The Kier molecular flexibility index (Phi) is 11.4. The molecule has 0 aromatic heterocycles. The lowest BCUT2D eigenvalue weighted by Crippen LogP contribution is -2.85. The summed E-state index contributed by atoms with van der Waals surface area (Å²) in [5.74, 6) is -2.14. The first-order valence-electron chi connectivity index (χ1n) is 22.5. The van der Waals surface area contributed by atoms with E-state index in [1.54, 1.807) is 0 Å². The molecule has 0 aliphatic heterocycles. The first-order chi connectivity index (χ1) is 25.1. The van der Waals surface area contributed by atoms with Gasteiger partial charge in [-0.25, -0.2) is 16.3 Å². The minimum Gasteiger partial charge on any atom is -0.342 e. The summed E-state index contributed by atoms with van der Waals surface area (Å²) in [5.41, 5.74) is 11.8. The molecule has 0 radical (unpaired) electrons. The van der Waals surface area contributed by atoms with Crippen molar-refractivity contribution in [1.82, 2.24) is 31.9 Å². The summed E-state index contributed by atoms with van der Waals surface area (Å²) in [4.78, 5) is 0. The van der Waals surface area contributed by atoms with Crippen LogP contribution in [0.5, 0.6) is 0 Å². The maximum Gasteiger partial charge on any atom is 0.260 e. The van der Waals surface area contributed by atoms with E-state index in [9.17, 15) is 0 Å². The molecule has 4 N–H and O–H groups in total. The molecule has 9 rings (SSSR count). The number of nitrogens with one attached hydrogen (secondary N) is 4. The van der Waals surface area contributed by atoms with Gasteiger partial charge in [0.2, 0.25) is 5.79 Å². The average Bonchev–Trinajstić information content (AvgIpc) is 3.97. The van der Waals surface area contributed by atoms with E-state index in [2.05, 4.69) is 31.9 Å². The average molecular weight is 713 g/mol. The number of hydrogen-bond acceptors (Lipinski definition) is 10. The Morgan fingerprint density at radius 3 is 1.29 bits per heavy atom. The molecule has 9 fully saturated rings. The molecule has 9 aliphatic rings. The Hall–Kier alpha value is -0.400. The van der Waals surface area contributed by atoms with Gasteiger partial charge in [-0.2, -0.15) is 0 Å². The van der Waals surface area contributed by atoms with Gasteiger partial charge in [0.15, 0.2) is 5.66 Å². The van der Waals surface area contributed by atoms with Gasteiger partial charge in [-0.15, -0.1) is 5.12 Å². The molecule has 0 aromatic carbocycles. The van der Waals surface area contributed by atoms with Gasteiger partial charge in [0.25, 0.3) is 5.79 Å². The Balaban J connectivity index is 1.20. The van der Waals surface area contributed by atoms with Crippen molar-refractivity contribution < 1.29 is 18.9 Å². The second-order valence-electron chi connectivity index (χ2n) is 18.5. The van der Waals surface area contributed by atoms with Crippen molar-refractivity contribution in [3.05, 3.63) is 0 Å². The standard InChI is InChI=1S/C41H72N6O4/c1-3-13-32(14-4-1)43-46(47(45-34-17-11-18-34)44-33-15-7-8-16-33)39(42-31-25-26-31)29-30-40(49-38-27-28-38,48-35-23-12-24-35)41(39,51-37-21-9-10-22-37)50-36-19-5-2-6-20-36/h31-38,42-45H,1-30H2. The van der Waals surface area contributed by atoms with E-state index in [0.717, 1.165) is 64.2 Å². The Morgan fingerprint density at radius 2 is 0.804 bits per heavy atom. The monoisotopic (exact) mass is 713 g/mol. The molecule has 0 bridgehead atoms. The van der Waals surface area contributed by atoms with E-state index in [-0.39, 0.29) is 24.4 Å². The van der Waals surface area contributed by atoms with Crippen molar-refractivity contribution in [1.29, 1.82) is 0 Å². The minimum atomic E-state index is -1.16. The predicted molar refractivity (Wildman–Crippen MR) is 198 cm³/mol. The molecular weight excluding hydrogens is 640 g/mol. The lowest BCUT2D eigenvalue weighted by molar-refractivity contribution is -0.466. The molecular formula is C41H72N6O4. The summed E-state index contributed by atoms with van der Waals surface area (Å²) in [7, 11) is 0. The molecule has 3 unspecified atom stereocenters. The summed E-state index contributed by atoms with van der Waals surface area (Å²) in [6.45, 7) is 0. The predicted octanol–water partition coefficient (Wildman–Crippen LogP) is 7.54. The molecule has 0 spiro atoms. The zero-order valence-corrected chi connectivity index (χ0v) is 31.9. The summed E-state index contributed by atoms with van der Waals surface area (Å²) < 4.78 is 31.0. The third-order valence-electron chi connectivity index (χ3n) is 14.2. The third-order valence-corrected chi connectivity index (χ3v) is 14.2. The van der Waals surface area contributed by atoms with Gasteiger partial charge in [0, 0.05) is 30.6 Å².